The lowest BCUT2D eigenvalue weighted by molar-refractivity contribution is 0.535. The molecular formula is C14H23NO2S. The highest BCUT2D eigenvalue weighted by Gasteiger charge is 2.11. The molecule has 0 aliphatic rings. The molecule has 102 valence electrons. The molecule has 4 heteroatoms. The smallest absolute Gasteiger partial charge is 0.211 e. The number of hydrogen-bond acceptors (Lipinski definition) is 2. The Morgan fingerprint density at radius 1 is 1.22 bits per heavy atom. The van der Waals surface area contributed by atoms with Gasteiger partial charge in [0.15, 0.2) is 0 Å². The SMILES string of the molecule is CCCCS(=O)(=O)NCC(C)Cc1ccccc1. The summed E-state index contributed by atoms with van der Waals surface area (Å²) in [6, 6.07) is 10.1. The van der Waals surface area contributed by atoms with E-state index < -0.39 is 10.0 Å². The van der Waals surface area contributed by atoms with E-state index in [-0.39, 0.29) is 5.75 Å². The molecule has 1 atom stereocenters. The summed E-state index contributed by atoms with van der Waals surface area (Å²) in [6.07, 6.45) is 2.53. The van der Waals surface area contributed by atoms with Crippen LogP contribution in [0.4, 0.5) is 0 Å². The maximum absolute atomic E-state index is 11.6. The van der Waals surface area contributed by atoms with Crippen LogP contribution in [-0.4, -0.2) is 20.7 Å². The average molecular weight is 269 g/mol. The zero-order chi connectivity index (χ0) is 13.4. The highest BCUT2D eigenvalue weighted by Crippen LogP contribution is 2.07. The van der Waals surface area contributed by atoms with Crippen LogP contribution < -0.4 is 4.72 Å². The van der Waals surface area contributed by atoms with E-state index in [9.17, 15) is 8.42 Å². The van der Waals surface area contributed by atoms with Crippen molar-refractivity contribution in [1.29, 1.82) is 0 Å². The summed E-state index contributed by atoms with van der Waals surface area (Å²) in [5, 5.41) is 0. The first-order valence-corrected chi connectivity index (χ1v) is 8.20. The molecule has 0 spiro atoms. The van der Waals surface area contributed by atoms with E-state index in [2.05, 4.69) is 23.8 Å². The number of nitrogens with one attached hydrogen (secondary N) is 1. The highest BCUT2D eigenvalue weighted by atomic mass is 32.2. The molecule has 0 aromatic heterocycles. The van der Waals surface area contributed by atoms with Crippen LogP contribution in [0.5, 0.6) is 0 Å². The molecule has 1 unspecified atom stereocenters. The summed E-state index contributed by atoms with van der Waals surface area (Å²) in [7, 11) is -3.08. The summed E-state index contributed by atoms with van der Waals surface area (Å²) in [6.45, 7) is 4.57. The topological polar surface area (TPSA) is 46.2 Å². The van der Waals surface area contributed by atoms with Gasteiger partial charge in [-0.15, -0.1) is 0 Å². The largest absolute Gasteiger partial charge is 0.215 e. The second kappa shape index (κ2) is 7.54. The van der Waals surface area contributed by atoms with Crippen molar-refractivity contribution >= 4 is 10.0 Å². The molecule has 1 aromatic carbocycles. The first-order valence-electron chi connectivity index (χ1n) is 6.54. The molecule has 0 bridgehead atoms. The lowest BCUT2D eigenvalue weighted by Gasteiger charge is -2.13. The van der Waals surface area contributed by atoms with E-state index >= 15 is 0 Å². The molecule has 1 N–H and O–H groups in total. The third kappa shape index (κ3) is 6.17. The number of benzene rings is 1. The van der Waals surface area contributed by atoms with E-state index in [1.54, 1.807) is 0 Å². The van der Waals surface area contributed by atoms with Gasteiger partial charge in [0.1, 0.15) is 0 Å². The van der Waals surface area contributed by atoms with Gasteiger partial charge in [0.2, 0.25) is 10.0 Å². The predicted molar refractivity (Wildman–Crippen MR) is 76.0 cm³/mol. The number of hydrogen-bond donors (Lipinski definition) is 1. The Morgan fingerprint density at radius 3 is 2.50 bits per heavy atom. The van der Waals surface area contributed by atoms with Crippen molar-refractivity contribution < 1.29 is 8.42 Å². The van der Waals surface area contributed by atoms with Crippen molar-refractivity contribution in [2.75, 3.05) is 12.3 Å². The summed E-state index contributed by atoms with van der Waals surface area (Å²) in [5.74, 6) is 0.547. The Kier molecular flexibility index (Phi) is 6.36. The molecule has 1 aromatic rings. The van der Waals surface area contributed by atoms with Crippen molar-refractivity contribution in [3.8, 4) is 0 Å². The fourth-order valence-corrected chi connectivity index (χ4v) is 3.12. The Bertz CT molecular complexity index is 428. The molecule has 1 rings (SSSR count). The Hall–Kier alpha value is -0.870. The Morgan fingerprint density at radius 2 is 1.89 bits per heavy atom. The molecule has 0 aliphatic heterocycles. The van der Waals surface area contributed by atoms with E-state index in [0.29, 0.717) is 12.5 Å². The van der Waals surface area contributed by atoms with Crippen molar-refractivity contribution in [3.05, 3.63) is 35.9 Å². The van der Waals surface area contributed by atoms with Gasteiger partial charge in [-0.3, -0.25) is 0 Å². The Labute approximate surface area is 111 Å². The predicted octanol–water partition coefficient (Wildman–Crippen LogP) is 2.58. The lowest BCUT2D eigenvalue weighted by atomic mass is 10.0. The second-order valence-electron chi connectivity index (χ2n) is 4.82. The second-order valence-corrected chi connectivity index (χ2v) is 6.74. The van der Waals surface area contributed by atoms with Crippen LogP contribution in [-0.2, 0) is 16.4 Å². The van der Waals surface area contributed by atoms with Gasteiger partial charge in [0, 0.05) is 6.54 Å². The van der Waals surface area contributed by atoms with Crippen LogP contribution in [0.2, 0.25) is 0 Å². The normalized spacial score (nSPS) is 13.4. The van der Waals surface area contributed by atoms with Crippen LogP contribution in [0.15, 0.2) is 30.3 Å². The van der Waals surface area contributed by atoms with E-state index in [0.717, 1.165) is 19.3 Å². The van der Waals surface area contributed by atoms with Crippen LogP contribution in [0.25, 0.3) is 0 Å². The van der Waals surface area contributed by atoms with Gasteiger partial charge in [-0.2, -0.15) is 0 Å². The van der Waals surface area contributed by atoms with E-state index in [1.165, 1.54) is 5.56 Å². The van der Waals surface area contributed by atoms with Crippen LogP contribution in [0, 0.1) is 5.92 Å². The fourth-order valence-electron chi connectivity index (χ4n) is 1.76. The maximum atomic E-state index is 11.6. The van der Waals surface area contributed by atoms with Crippen LogP contribution in [0.1, 0.15) is 32.3 Å². The maximum Gasteiger partial charge on any atom is 0.211 e. The van der Waals surface area contributed by atoms with Gasteiger partial charge in [-0.1, -0.05) is 50.6 Å². The van der Waals surface area contributed by atoms with E-state index in [4.69, 9.17) is 0 Å². The molecule has 0 saturated heterocycles. The lowest BCUT2D eigenvalue weighted by Crippen LogP contribution is -2.31. The van der Waals surface area contributed by atoms with E-state index in [1.807, 2.05) is 25.1 Å². The fraction of sp³-hybridized carbons (Fsp3) is 0.571. The number of rotatable bonds is 8. The Balaban J connectivity index is 2.35. The zero-order valence-corrected chi connectivity index (χ0v) is 12.0. The van der Waals surface area contributed by atoms with Gasteiger partial charge < -0.3 is 0 Å². The minimum atomic E-state index is -3.08. The first kappa shape index (κ1) is 15.2. The molecule has 0 fully saturated rings. The van der Waals surface area contributed by atoms with Crippen molar-refractivity contribution in [1.82, 2.24) is 4.72 Å². The molecular weight excluding hydrogens is 246 g/mol. The van der Waals surface area contributed by atoms with Crippen LogP contribution in [0.3, 0.4) is 0 Å². The summed E-state index contributed by atoms with van der Waals surface area (Å²) in [5.41, 5.74) is 1.25. The van der Waals surface area contributed by atoms with Gasteiger partial charge in [0.25, 0.3) is 0 Å². The molecule has 0 radical (unpaired) electrons. The molecule has 0 amide bonds. The minimum Gasteiger partial charge on any atom is -0.215 e. The molecule has 0 aliphatic carbocycles. The third-order valence-corrected chi connectivity index (χ3v) is 4.28. The summed E-state index contributed by atoms with van der Waals surface area (Å²) in [4.78, 5) is 0. The monoisotopic (exact) mass is 269 g/mol. The molecule has 0 heterocycles. The first-order chi connectivity index (χ1) is 8.53. The van der Waals surface area contributed by atoms with Gasteiger partial charge >= 0.3 is 0 Å². The number of unbranched alkanes of at least 4 members (excludes halogenated alkanes) is 1. The van der Waals surface area contributed by atoms with Gasteiger partial charge in [-0.05, 0) is 24.3 Å². The average Bonchev–Trinajstić information content (AvgIpc) is 2.36. The quantitative estimate of drug-likeness (QED) is 0.788. The summed E-state index contributed by atoms with van der Waals surface area (Å²) >= 11 is 0. The van der Waals surface area contributed by atoms with Gasteiger partial charge in [-0.25, -0.2) is 13.1 Å². The molecule has 0 saturated carbocycles. The minimum absolute atomic E-state index is 0.238. The zero-order valence-electron chi connectivity index (χ0n) is 11.2. The van der Waals surface area contributed by atoms with Crippen molar-refractivity contribution in [2.24, 2.45) is 5.92 Å². The molecule has 3 nitrogen and oxygen atoms in total. The van der Waals surface area contributed by atoms with Gasteiger partial charge in [0.05, 0.1) is 5.75 Å². The van der Waals surface area contributed by atoms with Crippen molar-refractivity contribution in [2.45, 2.75) is 33.1 Å². The number of sulfonamides is 1. The standard InChI is InChI=1S/C14H23NO2S/c1-3-4-10-18(16,17)15-12-13(2)11-14-8-6-5-7-9-14/h5-9,13,15H,3-4,10-12H2,1-2H3. The summed E-state index contributed by atoms with van der Waals surface area (Å²) < 4.78 is 26.0. The van der Waals surface area contributed by atoms with Crippen LogP contribution >= 0.6 is 0 Å². The van der Waals surface area contributed by atoms with Crippen molar-refractivity contribution in [3.63, 3.8) is 0 Å². The third-order valence-electron chi connectivity index (χ3n) is 2.85. The molecule has 18 heavy (non-hydrogen) atoms. The highest BCUT2D eigenvalue weighted by molar-refractivity contribution is 7.89.